The lowest BCUT2D eigenvalue weighted by atomic mass is 9.91. The van der Waals surface area contributed by atoms with Gasteiger partial charge in [-0.25, -0.2) is 4.98 Å². The fourth-order valence-electron chi connectivity index (χ4n) is 5.66. The van der Waals surface area contributed by atoms with Gasteiger partial charge in [-0.2, -0.15) is 0 Å². The number of rotatable bonds is 10. The number of hydrogen-bond donors (Lipinski definition) is 2. The minimum Gasteiger partial charge on any atom is -0.336 e. The molecule has 3 heterocycles. The molecule has 2 saturated heterocycles. The Labute approximate surface area is 237 Å². The molecule has 2 fully saturated rings. The van der Waals surface area contributed by atoms with Crippen molar-refractivity contribution in [1.29, 1.82) is 0 Å². The lowest BCUT2D eigenvalue weighted by Gasteiger charge is -2.40. The fraction of sp³-hybridized carbons (Fsp3) is 0.367. The van der Waals surface area contributed by atoms with Crippen molar-refractivity contribution in [2.45, 2.75) is 56.3 Å². The summed E-state index contributed by atoms with van der Waals surface area (Å²) in [6, 6.07) is 16.4. The number of thiazole rings is 1. The van der Waals surface area contributed by atoms with E-state index in [1.165, 1.54) is 11.3 Å². The van der Waals surface area contributed by atoms with Gasteiger partial charge in [-0.15, -0.1) is 11.3 Å². The van der Waals surface area contributed by atoms with Gasteiger partial charge in [0.05, 0.1) is 12.6 Å². The summed E-state index contributed by atoms with van der Waals surface area (Å²) in [5, 5.41) is 5.21. The van der Waals surface area contributed by atoms with Gasteiger partial charge >= 0.3 is 0 Å². The Morgan fingerprint density at radius 1 is 1.07 bits per heavy atom. The summed E-state index contributed by atoms with van der Waals surface area (Å²) in [6.07, 6.45) is 4.57. The van der Waals surface area contributed by atoms with E-state index in [-0.39, 0.29) is 36.7 Å². The normalized spacial score (nSPS) is 20.1. The molecule has 0 saturated carbocycles. The molecule has 208 valence electrons. The van der Waals surface area contributed by atoms with Crippen molar-refractivity contribution in [2.75, 3.05) is 13.1 Å². The SMILES string of the molecule is NCc1ccc(CC(C=O)(NC(=O)C2CCC3CN(C(=O)CCc4ccccc4)CC(=O)N32)c2nccs2)cc1. The van der Waals surface area contributed by atoms with E-state index in [1.807, 2.05) is 54.6 Å². The predicted octanol–water partition coefficient (Wildman–Crippen LogP) is 2.19. The lowest BCUT2D eigenvalue weighted by molar-refractivity contribution is -0.151. The summed E-state index contributed by atoms with van der Waals surface area (Å²) in [6.45, 7) is 0.764. The zero-order valence-corrected chi connectivity index (χ0v) is 23.0. The van der Waals surface area contributed by atoms with Crippen molar-refractivity contribution in [3.63, 3.8) is 0 Å². The van der Waals surface area contributed by atoms with Crippen molar-refractivity contribution >= 4 is 35.3 Å². The van der Waals surface area contributed by atoms with Crippen LogP contribution in [-0.2, 0) is 44.1 Å². The van der Waals surface area contributed by atoms with Gasteiger partial charge in [0, 0.05) is 37.5 Å². The molecule has 0 spiro atoms. The summed E-state index contributed by atoms with van der Waals surface area (Å²) >= 11 is 1.29. The van der Waals surface area contributed by atoms with Gasteiger partial charge in [-0.1, -0.05) is 54.6 Å². The van der Waals surface area contributed by atoms with E-state index in [2.05, 4.69) is 10.3 Å². The summed E-state index contributed by atoms with van der Waals surface area (Å²) < 4.78 is 0. The van der Waals surface area contributed by atoms with Gasteiger partial charge in [0.2, 0.25) is 17.7 Å². The fourth-order valence-corrected chi connectivity index (χ4v) is 6.42. The minimum atomic E-state index is -1.37. The largest absolute Gasteiger partial charge is 0.336 e. The number of nitrogens with one attached hydrogen (secondary N) is 1. The monoisotopic (exact) mass is 559 g/mol. The van der Waals surface area contributed by atoms with Crippen molar-refractivity contribution < 1.29 is 19.2 Å². The third kappa shape index (κ3) is 5.83. The molecule has 3 atom stereocenters. The summed E-state index contributed by atoms with van der Waals surface area (Å²) in [7, 11) is 0. The third-order valence-electron chi connectivity index (χ3n) is 7.78. The molecule has 2 aliphatic rings. The number of amides is 3. The van der Waals surface area contributed by atoms with Crippen LogP contribution in [-0.4, -0.2) is 64.0 Å². The Morgan fingerprint density at radius 3 is 2.50 bits per heavy atom. The Balaban J connectivity index is 1.27. The van der Waals surface area contributed by atoms with Crippen LogP contribution in [0.25, 0.3) is 0 Å². The number of aldehydes is 1. The Kier molecular flexibility index (Phi) is 8.37. The summed E-state index contributed by atoms with van der Waals surface area (Å²) in [5.41, 5.74) is 7.24. The average molecular weight is 560 g/mol. The second-order valence-corrected chi connectivity index (χ2v) is 11.3. The highest BCUT2D eigenvalue weighted by Crippen LogP contribution is 2.31. The van der Waals surface area contributed by atoms with E-state index in [9.17, 15) is 19.2 Å². The maximum absolute atomic E-state index is 13.7. The van der Waals surface area contributed by atoms with E-state index in [0.29, 0.717) is 43.8 Å². The minimum absolute atomic E-state index is 0.0489. The Morgan fingerprint density at radius 2 is 1.82 bits per heavy atom. The van der Waals surface area contributed by atoms with E-state index in [0.717, 1.165) is 23.0 Å². The zero-order chi connectivity index (χ0) is 28.1. The van der Waals surface area contributed by atoms with Crippen LogP contribution in [0.4, 0.5) is 0 Å². The highest BCUT2D eigenvalue weighted by Gasteiger charge is 2.47. The van der Waals surface area contributed by atoms with Crippen molar-refractivity contribution in [2.24, 2.45) is 5.73 Å². The number of hydrogen-bond acceptors (Lipinski definition) is 7. The second kappa shape index (κ2) is 12.1. The first-order valence-corrected chi connectivity index (χ1v) is 14.4. The van der Waals surface area contributed by atoms with Crippen LogP contribution in [0.1, 0.15) is 41.0 Å². The highest BCUT2D eigenvalue weighted by atomic mass is 32.1. The number of aryl methyl sites for hydroxylation is 1. The third-order valence-corrected chi connectivity index (χ3v) is 8.73. The first-order chi connectivity index (χ1) is 19.4. The number of fused-ring (bicyclic) bond motifs is 1. The number of piperazine rings is 1. The first kappa shape index (κ1) is 27.7. The summed E-state index contributed by atoms with van der Waals surface area (Å²) in [4.78, 5) is 60.1. The molecule has 1 aromatic heterocycles. The molecule has 2 aromatic carbocycles. The molecule has 3 N–H and O–H groups in total. The maximum atomic E-state index is 13.7. The van der Waals surface area contributed by atoms with E-state index in [1.54, 1.807) is 21.4 Å². The Bertz CT molecular complexity index is 1350. The number of carbonyl (C=O) groups is 4. The van der Waals surface area contributed by atoms with Gasteiger partial charge < -0.3 is 25.6 Å². The van der Waals surface area contributed by atoms with Crippen molar-refractivity contribution in [3.05, 3.63) is 87.9 Å². The van der Waals surface area contributed by atoms with Crippen LogP contribution >= 0.6 is 11.3 Å². The van der Waals surface area contributed by atoms with E-state index in [4.69, 9.17) is 5.73 Å². The smallest absolute Gasteiger partial charge is 0.243 e. The summed E-state index contributed by atoms with van der Waals surface area (Å²) in [5.74, 6) is -0.694. The number of aromatic nitrogens is 1. The van der Waals surface area contributed by atoms with E-state index >= 15 is 0 Å². The molecule has 10 heteroatoms. The number of benzene rings is 2. The van der Waals surface area contributed by atoms with Gasteiger partial charge in [0.1, 0.15) is 11.0 Å². The second-order valence-electron chi connectivity index (χ2n) is 10.4. The molecule has 0 bridgehead atoms. The van der Waals surface area contributed by atoms with Gasteiger partial charge in [0.25, 0.3) is 0 Å². The molecule has 3 aromatic rings. The molecular formula is C30H33N5O4S. The zero-order valence-electron chi connectivity index (χ0n) is 22.2. The maximum Gasteiger partial charge on any atom is 0.243 e. The molecule has 9 nitrogen and oxygen atoms in total. The van der Waals surface area contributed by atoms with Gasteiger partial charge in [-0.05, 0) is 36.0 Å². The van der Waals surface area contributed by atoms with Crippen LogP contribution in [0.3, 0.4) is 0 Å². The topological polar surface area (TPSA) is 126 Å². The molecule has 5 rings (SSSR count). The van der Waals surface area contributed by atoms with Crippen LogP contribution in [0.5, 0.6) is 0 Å². The van der Waals surface area contributed by atoms with Crippen LogP contribution in [0.15, 0.2) is 66.2 Å². The molecule has 0 radical (unpaired) electrons. The highest BCUT2D eigenvalue weighted by molar-refractivity contribution is 7.09. The molecule has 3 amide bonds. The van der Waals surface area contributed by atoms with Crippen molar-refractivity contribution in [1.82, 2.24) is 20.1 Å². The predicted molar refractivity (Wildman–Crippen MR) is 151 cm³/mol. The Hall–Kier alpha value is -3.89. The molecular weight excluding hydrogens is 526 g/mol. The van der Waals surface area contributed by atoms with E-state index < -0.39 is 11.6 Å². The van der Waals surface area contributed by atoms with Crippen LogP contribution in [0, 0.1) is 0 Å². The van der Waals surface area contributed by atoms with Gasteiger partial charge in [0.15, 0.2) is 11.8 Å². The molecule has 3 unspecified atom stereocenters. The van der Waals surface area contributed by atoms with Crippen LogP contribution in [0.2, 0.25) is 0 Å². The average Bonchev–Trinajstić information content (AvgIpc) is 3.68. The number of nitrogens with two attached hydrogens (primary N) is 1. The first-order valence-electron chi connectivity index (χ1n) is 13.5. The molecule has 0 aliphatic carbocycles. The standard InChI is InChI=1S/C30H33N5O4S/c31-17-23-8-6-22(7-9-23)16-30(20-36,29-32-14-15-40-29)33-28(39)25-12-11-24-18-34(19-27(38)35(24)25)26(37)13-10-21-4-2-1-3-5-21/h1-9,14-15,20,24-25H,10-13,16-19,31H2,(H,33,39). The number of nitrogens with zero attached hydrogens (tertiary/aromatic N) is 3. The quantitative estimate of drug-likeness (QED) is 0.367. The van der Waals surface area contributed by atoms with Gasteiger partial charge in [-0.3, -0.25) is 14.4 Å². The lowest BCUT2D eigenvalue weighted by Crippen LogP contribution is -2.61. The molecule has 2 aliphatic heterocycles. The van der Waals surface area contributed by atoms with Crippen molar-refractivity contribution in [3.8, 4) is 0 Å². The molecule has 40 heavy (non-hydrogen) atoms. The van der Waals surface area contributed by atoms with Crippen LogP contribution < -0.4 is 11.1 Å². The number of carbonyl (C=O) groups excluding carboxylic acids is 4.